The number of carbonyl (C=O) groups is 1. The molecule has 0 saturated heterocycles. The minimum Gasteiger partial charge on any atom is -0.756 e. The number of rotatable bonds is 49. The summed E-state index contributed by atoms with van der Waals surface area (Å²) < 4.78 is 23.3. The van der Waals surface area contributed by atoms with E-state index in [0.29, 0.717) is 17.4 Å². The molecule has 0 rings (SSSR count). The molecule has 0 aliphatic rings. The number of unbranched alkanes of at least 4 members (excludes halogenated alkanes) is 26. The number of quaternary nitrogens is 1. The quantitative estimate of drug-likeness (QED) is 0.0272. The summed E-state index contributed by atoms with van der Waals surface area (Å²) in [7, 11) is 1.24. The first-order valence-corrected chi connectivity index (χ1v) is 28.8. The summed E-state index contributed by atoms with van der Waals surface area (Å²) >= 11 is 0. The lowest BCUT2D eigenvalue weighted by Crippen LogP contribution is -2.45. The highest BCUT2D eigenvalue weighted by Gasteiger charge is 2.23. The van der Waals surface area contributed by atoms with Gasteiger partial charge in [-0.05, 0) is 70.6 Å². The van der Waals surface area contributed by atoms with Gasteiger partial charge in [0.2, 0.25) is 5.91 Å². The lowest BCUT2D eigenvalue weighted by Gasteiger charge is -2.29. The van der Waals surface area contributed by atoms with E-state index in [4.69, 9.17) is 9.05 Å². The van der Waals surface area contributed by atoms with Crippen LogP contribution in [0, 0.1) is 0 Å². The molecule has 3 atom stereocenters. The maximum atomic E-state index is 12.9. The third-order valence-electron chi connectivity index (χ3n) is 11.9. The van der Waals surface area contributed by atoms with Crippen molar-refractivity contribution in [1.29, 1.82) is 0 Å². The Morgan fingerprint density at radius 1 is 0.545 bits per heavy atom. The second-order valence-electron chi connectivity index (χ2n) is 19.5. The highest BCUT2D eigenvalue weighted by Crippen LogP contribution is 2.38. The van der Waals surface area contributed by atoms with Gasteiger partial charge in [-0.25, -0.2) is 0 Å². The van der Waals surface area contributed by atoms with E-state index in [0.717, 1.165) is 70.6 Å². The zero-order valence-corrected chi connectivity index (χ0v) is 44.5. The summed E-state index contributed by atoms with van der Waals surface area (Å²) in [4.78, 5) is 25.5. The fraction of sp³-hybridized carbons (Fsp3) is 0.772. The van der Waals surface area contributed by atoms with E-state index in [1.807, 2.05) is 27.2 Å². The highest BCUT2D eigenvalue weighted by molar-refractivity contribution is 7.45. The summed E-state index contributed by atoms with van der Waals surface area (Å²) in [6, 6.07) is -0.910. The van der Waals surface area contributed by atoms with Crippen molar-refractivity contribution in [3.8, 4) is 0 Å². The molecule has 0 aliphatic heterocycles. The van der Waals surface area contributed by atoms with E-state index in [-0.39, 0.29) is 12.5 Å². The minimum absolute atomic E-state index is 0.00995. The number of aliphatic hydroxyl groups excluding tert-OH is 1. The number of nitrogens with zero attached hydrogens (tertiary/aromatic N) is 1. The molecule has 0 aromatic carbocycles. The molecule has 8 nitrogen and oxygen atoms in total. The average molecular weight is 945 g/mol. The number of allylic oxidation sites excluding steroid dienone is 11. The van der Waals surface area contributed by atoms with Crippen LogP contribution in [0.15, 0.2) is 72.9 Å². The number of carbonyl (C=O) groups excluding carboxylic acids is 1. The van der Waals surface area contributed by atoms with Gasteiger partial charge in [0.25, 0.3) is 7.82 Å². The van der Waals surface area contributed by atoms with Crippen LogP contribution in [-0.2, 0) is 18.4 Å². The van der Waals surface area contributed by atoms with Gasteiger partial charge >= 0.3 is 0 Å². The third kappa shape index (κ3) is 49.8. The van der Waals surface area contributed by atoms with E-state index in [9.17, 15) is 19.4 Å². The Balaban J connectivity index is 4.32. The first-order chi connectivity index (χ1) is 32.0. The van der Waals surface area contributed by atoms with Crippen LogP contribution in [0.1, 0.15) is 232 Å². The molecular weight excluding hydrogens is 840 g/mol. The molecule has 1 amide bonds. The van der Waals surface area contributed by atoms with Crippen molar-refractivity contribution in [2.45, 2.75) is 244 Å². The largest absolute Gasteiger partial charge is 0.756 e. The fourth-order valence-corrected chi connectivity index (χ4v) is 8.35. The van der Waals surface area contributed by atoms with Gasteiger partial charge in [0.15, 0.2) is 0 Å². The van der Waals surface area contributed by atoms with Crippen LogP contribution >= 0.6 is 7.82 Å². The molecule has 0 radical (unpaired) electrons. The van der Waals surface area contributed by atoms with Crippen LogP contribution in [0.5, 0.6) is 0 Å². The molecule has 0 spiro atoms. The molecule has 66 heavy (non-hydrogen) atoms. The number of phosphoric ester groups is 1. The summed E-state index contributed by atoms with van der Waals surface area (Å²) in [5.41, 5.74) is 0. The van der Waals surface area contributed by atoms with E-state index >= 15 is 0 Å². The van der Waals surface area contributed by atoms with E-state index in [1.54, 1.807) is 6.08 Å². The van der Waals surface area contributed by atoms with E-state index in [1.165, 1.54) is 141 Å². The van der Waals surface area contributed by atoms with Crippen LogP contribution in [0.4, 0.5) is 0 Å². The van der Waals surface area contributed by atoms with Crippen molar-refractivity contribution < 1.29 is 32.9 Å². The summed E-state index contributed by atoms with van der Waals surface area (Å²) in [6.07, 6.45) is 65.4. The van der Waals surface area contributed by atoms with Gasteiger partial charge in [0, 0.05) is 6.42 Å². The van der Waals surface area contributed by atoms with Crippen molar-refractivity contribution in [2.75, 3.05) is 40.9 Å². The molecule has 0 heterocycles. The Morgan fingerprint density at radius 2 is 0.939 bits per heavy atom. The van der Waals surface area contributed by atoms with Crippen molar-refractivity contribution in [1.82, 2.24) is 5.32 Å². The van der Waals surface area contributed by atoms with Gasteiger partial charge in [-0.15, -0.1) is 0 Å². The number of hydrogen-bond acceptors (Lipinski definition) is 6. The van der Waals surface area contributed by atoms with Crippen LogP contribution < -0.4 is 10.2 Å². The number of nitrogens with one attached hydrogen (secondary N) is 1. The van der Waals surface area contributed by atoms with Gasteiger partial charge < -0.3 is 28.8 Å². The molecule has 0 aromatic heterocycles. The fourth-order valence-electron chi connectivity index (χ4n) is 7.63. The lowest BCUT2D eigenvalue weighted by atomic mass is 10.0. The number of hydrogen-bond donors (Lipinski definition) is 2. The van der Waals surface area contributed by atoms with Crippen LogP contribution in [-0.4, -0.2) is 68.5 Å². The Kier molecular flexibility index (Phi) is 46.5. The number of likely N-dealkylation sites (N-methyl/N-ethyl adjacent to an activating group) is 1. The van der Waals surface area contributed by atoms with Crippen molar-refractivity contribution in [3.05, 3.63) is 72.9 Å². The second kappa shape index (κ2) is 48.0. The minimum atomic E-state index is -4.61. The summed E-state index contributed by atoms with van der Waals surface area (Å²) in [5, 5.41) is 13.9. The molecule has 0 saturated carbocycles. The van der Waals surface area contributed by atoms with Gasteiger partial charge in [-0.3, -0.25) is 9.36 Å². The molecule has 0 aliphatic carbocycles. The van der Waals surface area contributed by atoms with E-state index in [2.05, 4.69) is 79.9 Å². The number of phosphoric acid groups is 1. The molecule has 384 valence electrons. The molecule has 0 bridgehead atoms. The average Bonchev–Trinajstić information content (AvgIpc) is 3.28. The standard InChI is InChI=1S/C57H105N2O6P/c1-6-8-10-12-14-16-18-20-22-24-26-28-29-31-33-35-37-39-41-43-45-47-49-51-57(61)58-55(54-65-66(62,63)64-53-52-59(3,4)5)56(60)50-48-46-44-42-40-38-36-34-32-30-27-25-23-21-19-17-15-13-11-9-7-2/h8,10,14,16,20,22,26,28,40,42,48,50,55-56,60H,6-7,9,11-13,15,17-19,21,23-25,27,29-39,41,43-47,49,51-54H2,1-5H3,(H-,58,61,62,63)/b10-8-,16-14-,22-20-,28-26-,42-40+,50-48+. The summed E-state index contributed by atoms with van der Waals surface area (Å²) in [5.74, 6) is -0.213. The highest BCUT2D eigenvalue weighted by atomic mass is 31.2. The van der Waals surface area contributed by atoms with Gasteiger partial charge in [-0.1, -0.05) is 228 Å². The Hall–Kier alpha value is -2.06. The third-order valence-corrected chi connectivity index (χ3v) is 12.9. The maximum absolute atomic E-state index is 12.9. The molecule has 0 aromatic rings. The van der Waals surface area contributed by atoms with Crippen LogP contribution in [0.25, 0.3) is 0 Å². The molecule has 3 unspecified atom stereocenters. The number of aliphatic hydroxyl groups is 1. The topological polar surface area (TPSA) is 108 Å². The van der Waals surface area contributed by atoms with E-state index < -0.39 is 26.6 Å². The van der Waals surface area contributed by atoms with Crippen molar-refractivity contribution in [3.63, 3.8) is 0 Å². The van der Waals surface area contributed by atoms with Gasteiger partial charge in [0.05, 0.1) is 39.9 Å². The molecule has 0 fully saturated rings. The molecule has 9 heteroatoms. The Labute approximate surface area is 408 Å². The van der Waals surface area contributed by atoms with Crippen molar-refractivity contribution >= 4 is 13.7 Å². The lowest BCUT2D eigenvalue weighted by molar-refractivity contribution is -0.870. The first-order valence-electron chi connectivity index (χ1n) is 27.3. The van der Waals surface area contributed by atoms with Gasteiger partial charge in [0.1, 0.15) is 13.2 Å². The van der Waals surface area contributed by atoms with Gasteiger partial charge in [-0.2, -0.15) is 0 Å². The first kappa shape index (κ1) is 63.9. The zero-order chi connectivity index (χ0) is 48.5. The Bertz CT molecular complexity index is 1300. The SMILES string of the molecule is CC/C=C\C/C=C\C/C=C\C/C=C\CCCCCCCCCCCCC(=O)NC(COP(=O)([O-])OCC[N+](C)(C)C)C(O)/C=C/CC/C=C/CCCCCCCCCCCCCCCCC. The molecule has 2 N–H and O–H groups in total. The predicted octanol–water partition coefficient (Wildman–Crippen LogP) is 15.7. The predicted molar refractivity (Wildman–Crippen MR) is 284 cm³/mol. The smallest absolute Gasteiger partial charge is 0.268 e. The van der Waals surface area contributed by atoms with Crippen LogP contribution in [0.2, 0.25) is 0 Å². The zero-order valence-electron chi connectivity index (χ0n) is 43.6. The monoisotopic (exact) mass is 945 g/mol. The maximum Gasteiger partial charge on any atom is 0.268 e. The van der Waals surface area contributed by atoms with Crippen molar-refractivity contribution in [2.24, 2.45) is 0 Å². The van der Waals surface area contributed by atoms with Crippen LogP contribution in [0.3, 0.4) is 0 Å². The number of amides is 1. The second-order valence-corrected chi connectivity index (χ2v) is 21.0. The normalized spacial score (nSPS) is 14.6. The molecular formula is C57H105N2O6P. The summed E-state index contributed by atoms with van der Waals surface area (Å²) in [6.45, 7) is 4.52. The Morgan fingerprint density at radius 3 is 1.41 bits per heavy atom.